The Kier molecular flexibility index (Phi) is 12.5. The number of hydrogen-bond donors (Lipinski definition) is 10. The fourth-order valence-electron chi connectivity index (χ4n) is 6.71. The first-order valence-corrected chi connectivity index (χ1v) is 17.7. The van der Waals surface area contributed by atoms with Gasteiger partial charge in [-0.2, -0.15) is 0 Å². The summed E-state index contributed by atoms with van der Waals surface area (Å²) >= 11 is 0. The zero-order valence-corrected chi connectivity index (χ0v) is 30.7. The lowest BCUT2D eigenvalue weighted by Crippen LogP contribution is -2.64. The summed E-state index contributed by atoms with van der Waals surface area (Å²) in [6.07, 6.45) is -24.5. The Morgan fingerprint density at radius 2 is 1.39 bits per heavy atom. The van der Waals surface area contributed by atoms with Crippen molar-refractivity contribution in [3.63, 3.8) is 0 Å². The summed E-state index contributed by atoms with van der Waals surface area (Å²) in [6, 6.07) is 5.79. The van der Waals surface area contributed by atoms with E-state index in [0.717, 1.165) is 25.1 Å². The summed E-state index contributed by atoms with van der Waals surface area (Å²) in [6.45, 7) is 3.22. The molecule has 3 saturated heterocycles. The standard InChI is InChI=1S/C36H44O21/c1-11-22(41)25(44)27(46)35(51-11)57-33-29(48)34(52-12(2)30(33)53-13(3)37)50-10-20-23(42)26(45)28(47)36(55-20)56-32-24(43)21-18(40)8-15(49-4)9-19(21)54-31(32)14-5-6-16(38)17(39)7-14/h5-9,11-12,20,22-23,25-30,33-36,38-42,44-48H,10H2,1-4H3/t11-,12-,20+,22-,23-,25+,26-,27+,28+,29+,30-,33-,34+,35-,36-/m0/s1. The largest absolute Gasteiger partial charge is 0.507 e. The maximum atomic E-state index is 13.9. The van der Waals surface area contributed by atoms with Crippen LogP contribution in [0.4, 0.5) is 0 Å². The molecule has 4 heterocycles. The molecule has 57 heavy (non-hydrogen) atoms. The minimum Gasteiger partial charge on any atom is -0.507 e. The third kappa shape index (κ3) is 8.32. The number of aliphatic hydroxyl groups is 7. The van der Waals surface area contributed by atoms with Gasteiger partial charge in [0.05, 0.1) is 25.9 Å². The predicted molar refractivity (Wildman–Crippen MR) is 186 cm³/mol. The molecule has 3 aliphatic rings. The van der Waals surface area contributed by atoms with Gasteiger partial charge < -0.3 is 93.4 Å². The van der Waals surface area contributed by atoms with Gasteiger partial charge in [0.25, 0.3) is 0 Å². The molecule has 3 aromatic rings. The van der Waals surface area contributed by atoms with Gasteiger partial charge in [-0.05, 0) is 32.0 Å². The number of aromatic hydroxyl groups is 3. The number of ether oxygens (including phenoxy) is 8. The second-order valence-electron chi connectivity index (χ2n) is 13.8. The predicted octanol–water partition coefficient (Wildman–Crippen LogP) is -1.96. The number of phenolic OH excluding ortho intramolecular Hbond substituents is 3. The zero-order chi connectivity index (χ0) is 41.6. The van der Waals surface area contributed by atoms with E-state index in [1.165, 1.54) is 33.1 Å². The summed E-state index contributed by atoms with van der Waals surface area (Å²) in [7, 11) is 1.31. The van der Waals surface area contributed by atoms with Gasteiger partial charge in [-0.15, -0.1) is 0 Å². The molecule has 6 rings (SSSR count). The highest BCUT2D eigenvalue weighted by Crippen LogP contribution is 2.40. The van der Waals surface area contributed by atoms with Gasteiger partial charge in [0, 0.05) is 24.6 Å². The zero-order valence-electron chi connectivity index (χ0n) is 30.7. The van der Waals surface area contributed by atoms with Crippen LogP contribution in [-0.4, -0.2) is 163 Å². The lowest BCUT2D eigenvalue weighted by molar-refractivity contribution is -0.359. The minimum absolute atomic E-state index is 0.0277. The molecule has 10 N–H and O–H groups in total. The number of carbonyl (C=O) groups is 1. The fourth-order valence-corrected chi connectivity index (χ4v) is 6.71. The maximum Gasteiger partial charge on any atom is 0.303 e. The second kappa shape index (κ2) is 16.9. The quantitative estimate of drug-likeness (QED) is 0.0785. The van der Waals surface area contributed by atoms with Gasteiger partial charge in [-0.1, -0.05) is 0 Å². The van der Waals surface area contributed by atoms with Crippen LogP contribution >= 0.6 is 0 Å². The Morgan fingerprint density at radius 3 is 2.05 bits per heavy atom. The van der Waals surface area contributed by atoms with Crippen molar-refractivity contribution in [3.8, 4) is 40.1 Å². The van der Waals surface area contributed by atoms with Crippen molar-refractivity contribution in [2.24, 2.45) is 0 Å². The number of fused-ring (bicyclic) bond motifs is 1. The number of hydrogen-bond acceptors (Lipinski definition) is 21. The van der Waals surface area contributed by atoms with E-state index < -0.39 is 139 Å². The van der Waals surface area contributed by atoms with E-state index in [2.05, 4.69) is 0 Å². The van der Waals surface area contributed by atoms with E-state index in [9.17, 15) is 60.7 Å². The van der Waals surface area contributed by atoms with Gasteiger partial charge in [0.2, 0.25) is 17.5 Å². The molecule has 0 radical (unpaired) electrons. The number of esters is 1. The molecule has 15 atom stereocenters. The van der Waals surface area contributed by atoms with Crippen LogP contribution in [0.5, 0.6) is 28.7 Å². The van der Waals surface area contributed by atoms with Crippen LogP contribution in [0.3, 0.4) is 0 Å². The first-order valence-electron chi connectivity index (χ1n) is 17.7. The number of methoxy groups -OCH3 is 1. The first kappa shape index (κ1) is 42.3. The van der Waals surface area contributed by atoms with Crippen molar-refractivity contribution in [2.75, 3.05) is 13.7 Å². The lowest BCUT2D eigenvalue weighted by atomic mass is 9.97. The third-order valence-electron chi connectivity index (χ3n) is 9.86. The summed E-state index contributed by atoms with van der Waals surface area (Å²) in [4.78, 5) is 25.9. The molecule has 0 saturated carbocycles. The van der Waals surface area contributed by atoms with Crippen LogP contribution in [0.2, 0.25) is 0 Å². The third-order valence-corrected chi connectivity index (χ3v) is 9.86. The molecule has 21 nitrogen and oxygen atoms in total. The van der Waals surface area contributed by atoms with Crippen LogP contribution in [0, 0.1) is 0 Å². The van der Waals surface area contributed by atoms with Crippen molar-refractivity contribution in [1.82, 2.24) is 0 Å². The summed E-state index contributed by atoms with van der Waals surface area (Å²) in [5.41, 5.74) is -1.22. The molecule has 0 bridgehead atoms. The molecular weight excluding hydrogens is 768 g/mol. The Bertz CT molecular complexity index is 1970. The molecule has 1 aromatic heterocycles. The SMILES string of the molecule is COc1cc(O)c2c(=O)c(O[C@@H]3O[C@H](CO[C@@H]4O[C@@H](C)[C@H](OC(C)=O)[C@@H](O[C@@H]5O[C@@H](C)[C@H](O)[C@@H](O)[C@H]5O)[C@H]4O)[C@H](O)[C@H](O)[C@H]3O)c(-c3ccc(O)c(O)c3)oc2c1. The molecule has 0 spiro atoms. The van der Waals surface area contributed by atoms with Gasteiger partial charge in [0.1, 0.15) is 77.4 Å². The molecule has 0 aliphatic carbocycles. The van der Waals surface area contributed by atoms with Crippen LogP contribution < -0.4 is 14.9 Å². The van der Waals surface area contributed by atoms with E-state index in [0.29, 0.717) is 0 Å². The number of phenols is 3. The van der Waals surface area contributed by atoms with Gasteiger partial charge in [-0.3, -0.25) is 9.59 Å². The number of aliphatic hydroxyl groups excluding tert-OH is 7. The van der Waals surface area contributed by atoms with Crippen molar-refractivity contribution in [1.29, 1.82) is 0 Å². The van der Waals surface area contributed by atoms with E-state index in [1.807, 2.05) is 0 Å². The molecule has 3 fully saturated rings. The molecule has 314 valence electrons. The van der Waals surface area contributed by atoms with E-state index in [4.69, 9.17) is 42.3 Å². The second-order valence-corrected chi connectivity index (χ2v) is 13.8. The minimum atomic E-state index is -2.03. The molecule has 21 heteroatoms. The van der Waals surface area contributed by atoms with Crippen molar-refractivity contribution in [3.05, 3.63) is 40.6 Å². The van der Waals surface area contributed by atoms with Crippen LogP contribution in [0.25, 0.3) is 22.3 Å². The summed E-state index contributed by atoms with van der Waals surface area (Å²) < 4.78 is 50.8. The smallest absolute Gasteiger partial charge is 0.303 e. The topological polar surface area (TPSA) is 323 Å². The number of carbonyl (C=O) groups excluding carboxylic acids is 1. The Hall–Kier alpha value is -4.36. The van der Waals surface area contributed by atoms with Crippen molar-refractivity contribution >= 4 is 16.9 Å². The molecule has 0 unspecified atom stereocenters. The number of benzene rings is 2. The van der Waals surface area contributed by atoms with Gasteiger partial charge in [0.15, 0.2) is 35.9 Å². The Morgan fingerprint density at radius 1 is 0.719 bits per heavy atom. The first-order chi connectivity index (χ1) is 26.9. The Labute approximate surface area is 322 Å². The molecular formula is C36H44O21. The van der Waals surface area contributed by atoms with E-state index in [1.54, 1.807) is 0 Å². The van der Waals surface area contributed by atoms with Crippen molar-refractivity contribution < 1.29 is 98.2 Å². The molecule has 0 amide bonds. The van der Waals surface area contributed by atoms with Crippen LogP contribution in [0.1, 0.15) is 20.8 Å². The van der Waals surface area contributed by atoms with Crippen LogP contribution in [0.15, 0.2) is 39.5 Å². The van der Waals surface area contributed by atoms with E-state index >= 15 is 0 Å². The normalized spacial score (nSPS) is 35.8. The van der Waals surface area contributed by atoms with Crippen LogP contribution in [-0.2, 0) is 33.2 Å². The maximum absolute atomic E-state index is 13.9. The monoisotopic (exact) mass is 812 g/mol. The summed E-state index contributed by atoms with van der Waals surface area (Å²) in [5.74, 6) is -3.47. The van der Waals surface area contributed by atoms with Crippen molar-refractivity contribution in [2.45, 2.75) is 113 Å². The highest BCUT2D eigenvalue weighted by molar-refractivity contribution is 5.88. The van der Waals surface area contributed by atoms with Gasteiger partial charge >= 0.3 is 5.97 Å². The van der Waals surface area contributed by atoms with Gasteiger partial charge in [-0.25, -0.2) is 0 Å². The number of rotatable bonds is 10. The highest BCUT2D eigenvalue weighted by atomic mass is 16.8. The average Bonchev–Trinajstić information content (AvgIpc) is 3.16. The Balaban J connectivity index is 1.26. The molecule has 2 aromatic carbocycles. The average molecular weight is 813 g/mol. The lowest BCUT2D eigenvalue weighted by Gasteiger charge is -2.46. The fraction of sp³-hybridized carbons (Fsp3) is 0.556. The summed E-state index contributed by atoms with van der Waals surface area (Å²) in [5, 5.41) is 105. The molecule has 3 aliphatic heterocycles. The highest BCUT2D eigenvalue weighted by Gasteiger charge is 2.52. The van der Waals surface area contributed by atoms with E-state index in [-0.39, 0.29) is 22.7 Å².